The minimum atomic E-state index is -0.214. The fourth-order valence-electron chi connectivity index (χ4n) is 2.82. The highest BCUT2D eigenvalue weighted by molar-refractivity contribution is 5.95. The van der Waals surface area contributed by atoms with E-state index in [0.29, 0.717) is 24.5 Å². The van der Waals surface area contributed by atoms with Crippen LogP contribution in [0.4, 0.5) is 0 Å². The molecular formula is C19H23NO5. The van der Waals surface area contributed by atoms with E-state index < -0.39 is 0 Å². The Balaban J connectivity index is 1.62. The smallest absolute Gasteiger partial charge is 0.255 e. The van der Waals surface area contributed by atoms with E-state index in [1.165, 1.54) is 6.26 Å². The molecule has 1 aliphatic heterocycles. The summed E-state index contributed by atoms with van der Waals surface area (Å²) in [6.07, 6.45) is 2.21. The van der Waals surface area contributed by atoms with Gasteiger partial charge in [-0.25, -0.2) is 0 Å². The van der Waals surface area contributed by atoms with Crippen LogP contribution in [0.3, 0.4) is 0 Å². The molecule has 1 aromatic carbocycles. The molecule has 1 N–H and O–H groups in total. The number of aryl methyl sites for hydroxylation is 1. The van der Waals surface area contributed by atoms with E-state index in [1.54, 1.807) is 13.2 Å². The Morgan fingerprint density at radius 3 is 2.84 bits per heavy atom. The maximum atomic E-state index is 12.6. The van der Waals surface area contributed by atoms with Crippen LogP contribution in [0.2, 0.25) is 0 Å². The molecule has 0 saturated carbocycles. The average Bonchev–Trinajstić information content (AvgIpc) is 3.10. The maximum absolute atomic E-state index is 12.6. The molecule has 2 heterocycles. The summed E-state index contributed by atoms with van der Waals surface area (Å²) in [6.45, 7) is 3.29. The Morgan fingerprint density at radius 2 is 2.08 bits per heavy atom. The molecule has 0 radical (unpaired) electrons. The number of methoxy groups -OCH3 is 1. The number of rotatable bonds is 6. The highest BCUT2D eigenvalue weighted by Gasteiger charge is 2.28. The lowest BCUT2D eigenvalue weighted by Crippen LogP contribution is -2.50. The number of amides is 1. The van der Waals surface area contributed by atoms with Crippen molar-refractivity contribution in [3.8, 4) is 5.75 Å². The zero-order valence-corrected chi connectivity index (χ0v) is 14.5. The van der Waals surface area contributed by atoms with Crippen LogP contribution in [0, 0.1) is 6.92 Å². The lowest BCUT2D eigenvalue weighted by atomic mass is 10.1. The van der Waals surface area contributed by atoms with Gasteiger partial charge in [-0.2, -0.15) is 0 Å². The van der Waals surface area contributed by atoms with Crippen LogP contribution < -0.4 is 10.1 Å². The van der Waals surface area contributed by atoms with E-state index in [2.05, 4.69) is 5.32 Å². The predicted molar refractivity (Wildman–Crippen MR) is 91.7 cm³/mol. The SMILES string of the molecule is CO[C@@H]1CCOC[C@H]1NC(=O)c1ccoc1COc1ccc(C)cc1. The molecule has 1 aromatic heterocycles. The third kappa shape index (κ3) is 4.41. The molecular weight excluding hydrogens is 322 g/mol. The summed E-state index contributed by atoms with van der Waals surface area (Å²) < 4.78 is 22.0. The zero-order chi connectivity index (χ0) is 17.6. The van der Waals surface area contributed by atoms with Crippen molar-refractivity contribution in [3.63, 3.8) is 0 Å². The molecule has 0 bridgehead atoms. The fraction of sp³-hybridized carbons (Fsp3) is 0.421. The fourth-order valence-corrected chi connectivity index (χ4v) is 2.82. The Hall–Kier alpha value is -2.31. The van der Waals surface area contributed by atoms with Crippen LogP contribution in [0.25, 0.3) is 0 Å². The summed E-state index contributed by atoms with van der Waals surface area (Å²) in [6, 6.07) is 9.19. The molecule has 1 saturated heterocycles. The van der Waals surface area contributed by atoms with Gasteiger partial charge in [0.15, 0.2) is 5.76 Å². The molecule has 134 valence electrons. The van der Waals surface area contributed by atoms with E-state index in [9.17, 15) is 4.79 Å². The monoisotopic (exact) mass is 345 g/mol. The van der Waals surface area contributed by atoms with Crippen LogP contribution in [-0.2, 0) is 16.1 Å². The predicted octanol–water partition coefficient (Wildman–Crippen LogP) is 2.70. The van der Waals surface area contributed by atoms with Gasteiger partial charge in [0.1, 0.15) is 12.4 Å². The van der Waals surface area contributed by atoms with Crippen molar-refractivity contribution in [2.75, 3.05) is 20.3 Å². The van der Waals surface area contributed by atoms with Crippen molar-refractivity contribution < 1.29 is 23.4 Å². The second-order valence-corrected chi connectivity index (χ2v) is 6.08. The number of ether oxygens (including phenoxy) is 3. The first-order valence-electron chi connectivity index (χ1n) is 8.34. The van der Waals surface area contributed by atoms with Gasteiger partial charge < -0.3 is 23.9 Å². The molecule has 2 aromatic rings. The Labute approximate surface area is 147 Å². The third-order valence-corrected chi connectivity index (χ3v) is 4.29. The number of furan rings is 1. The van der Waals surface area contributed by atoms with Crippen LogP contribution in [0.5, 0.6) is 5.75 Å². The lowest BCUT2D eigenvalue weighted by Gasteiger charge is -2.30. The molecule has 0 aliphatic carbocycles. The number of carbonyl (C=O) groups is 1. The topological polar surface area (TPSA) is 69.9 Å². The van der Waals surface area contributed by atoms with E-state index >= 15 is 0 Å². The number of hydrogen-bond acceptors (Lipinski definition) is 5. The normalized spacial score (nSPS) is 20.2. The first kappa shape index (κ1) is 17.5. The van der Waals surface area contributed by atoms with Gasteiger partial charge in [-0.1, -0.05) is 17.7 Å². The number of nitrogens with one attached hydrogen (secondary N) is 1. The largest absolute Gasteiger partial charge is 0.486 e. The Kier molecular flexibility index (Phi) is 5.73. The second-order valence-electron chi connectivity index (χ2n) is 6.08. The minimum Gasteiger partial charge on any atom is -0.486 e. The van der Waals surface area contributed by atoms with Gasteiger partial charge in [0.05, 0.1) is 30.6 Å². The van der Waals surface area contributed by atoms with Crippen molar-refractivity contribution in [1.29, 1.82) is 0 Å². The highest BCUT2D eigenvalue weighted by Crippen LogP contribution is 2.18. The number of carbonyl (C=O) groups excluding carboxylic acids is 1. The summed E-state index contributed by atoms with van der Waals surface area (Å²) in [5.74, 6) is 1.01. The number of hydrogen-bond donors (Lipinski definition) is 1. The molecule has 25 heavy (non-hydrogen) atoms. The summed E-state index contributed by atoms with van der Waals surface area (Å²) in [7, 11) is 1.65. The van der Waals surface area contributed by atoms with Gasteiger partial charge in [0.25, 0.3) is 5.91 Å². The van der Waals surface area contributed by atoms with Crippen LogP contribution in [0.15, 0.2) is 41.0 Å². The molecule has 2 atom stereocenters. The summed E-state index contributed by atoms with van der Waals surface area (Å²) in [5, 5.41) is 2.96. The average molecular weight is 345 g/mol. The van der Waals surface area contributed by atoms with Gasteiger partial charge in [-0.15, -0.1) is 0 Å². The van der Waals surface area contributed by atoms with Crippen LogP contribution >= 0.6 is 0 Å². The van der Waals surface area contributed by atoms with Crippen molar-refractivity contribution >= 4 is 5.91 Å². The Morgan fingerprint density at radius 1 is 1.28 bits per heavy atom. The number of benzene rings is 1. The molecule has 3 rings (SSSR count). The molecule has 1 fully saturated rings. The van der Waals surface area contributed by atoms with E-state index in [0.717, 1.165) is 17.7 Å². The van der Waals surface area contributed by atoms with Crippen LogP contribution in [0.1, 0.15) is 28.1 Å². The summed E-state index contributed by atoms with van der Waals surface area (Å²) in [4.78, 5) is 12.6. The zero-order valence-electron chi connectivity index (χ0n) is 14.5. The van der Waals surface area contributed by atoms with Crippen molar-refractivity contribution in [2.24, 2.45) is 0 Å². The molecule has 1 amide bonds. The van der Waals surface area contributed by atoms with Gasteiger partial charge >= 0.3 is 0 Å². The van der Waals surface area contributed by atoms with Crippen molar-refractivity contribution in [3.05, 3.63) is 53.5 Å². The van der Waals surface area contributed by atoms with Crippen LogP contribution in [-0.4, -0.2) is 38.4 Å². The first-order chi connectivity index (χ1) is 12.2. The van der Waals surface area contributed by atoms with Gasteiger partial charge in [-0.05, 0) is 31.5 Å². The van der Waals surface area contributed by atoms with E-state index in [-0.39, 0.29) is 24.7 Å². The molecule has 6 nitrogen and oxygen atoms in total. The minimum absolute atomic E-state index is 0.0446. The maximum Gasteiger partial charge on any atom is 0.255 e. The molecule has 0 unspecified atom stereocenters. The summed E-state index contributed by atoms with van der Waals surface area (Å²) in [5.41, 5.74) is 1.63. The van der Waals surface area contributed by atoms with Gasteiger partial charge in [-0.3, -0.25) is 4.79 Å². The van der Waals surface area contributed by atoms with Crippen molar-refractivity contribution in [1.82, 2.24) is 5.32 Å². The third-order valence-electron chi connectivity index (χ3n) is 4.29. The summed E-state index contributed by atoms with van der Waals surface area (Å²) >= 11 is 0. The highest BCUT2D eigenvalue weighted by atomic mass is 16.5. The Bertz CT molecular complexity index is 694. The standard InChI is InChI=1S/C19H23NO5/c1-13-3-5-14(6-4-13)25-12-18-15(7-10-24-18)19(21)20-16-11-23-9-8-17(16)22-2/h3-7,10,16-17H,8-9,11-12H2,1-2H3,(H,20,21)/t16-,17-/m1/s1. The quantitative estimate of drug-likeness (QED) is 0.872. The first-order valence-corrected chi connectivity index (χ1v) is 8.34. The van der Waals surface area contributed by atoms with Crippen molar-refractivity contribution in [2.45, 2.75) is 32.1 Å². The van der Waals surface area contributed by atoms with E-state index in [4.69, 9.17) is 18.6 Å². The molecule has 0 spiro atoms. The second kappa shape index (κ2) is 8.18. The molecule has 6 heteroatoms. The van der Waals surface area contributed by atoms with Gasteiger partial charge in [0, 0.05) is 13.7 Å². The molecule has 1 aliphatic rings. The van der Waals surface area contributed by atoms with E-state index in [1.807, 2.05) is 31.2 Å². The van der Waals surface area contributed by atoms with Gasteiger partial charge in [0.2, 0.25) is 0 Å². The lowest BCUT2D eigenvalue weighted by molar-refractivity contribution is -0.0349.